The summed E-state index contributed by atoms with van der Waals surface area (Å²) in [6, 6.07) is 18.5. The van der Waals surface area contributed by atoms with Gasteiger partial charge in [-0.3, -0.25) is 4.79 Å². The molecule has 29 heavy (non-hydrogen) atoms. The molecule has 0 saturated carbocycles. The first-order chi connectivity index (χ1) is 14.1. The fourth-order valence-electron chi connectivity index (χ4n) is 2.91. The molecule has 0 unspecified atom stereocenters. The van der Waals surface area contributed by atoms with Crippen molar-refractivity contribution < 1.29 is 23.8 Å². The summed E-state index contributed by atoms with van der Waals surface area (Å²) in [7, 11) is 1.54. The van der Waals surface area contributed by atoms with Gasteiger partial charge in [-0.2, -0.15) is 0 Å². The fourth-order valence-corrected chi connectivity index (χ4v) is 3.12. The molecular weight excluding hydrogens is 392 g/mol. The Bertz CT molecular complexity index is 1150. The molecule has 3 aromatic carbocycles. The van der Waals surface area contributed by atoms with Gasteiger partial charge in [0, 0.05) is 11.6 Å². The number of ether oxygens (including phenoxy) is 3. The highest BCUT2D eigenvalue weighted by molar-refractivity contribution is 6.33. The van der Waals surface area contributed by atoms with Crippen molar-refractivity contribution in [1.82, 2.24) is 0 Å². The molecule has 144 valence electrons. The number of allylic oxidation sites excluding steroid dienone is 1. The molecule has 0 N–H and O–H groups in total. The van der Waals surface area contributed by atoms with E-state index in [0.29, 0.717) is 27.6 Å². The van der Waals surface area contributed by atoms with Crippen LogP contribution in [0.4, 0.5) is 0 Å². The molecule has 1 heterocycles. The Labute approximate surface area is 172 Å². The predicted octanol–water partition coefficient (Wildman–Crippen LogP) is 5.18. The monoisotopic (exact) mass is 406 g/mol. The second-order valence-corrected chi connectivity index (χ2v) is 6.62. The number of hydrogen-bond acceptors (Lipinski definition) is 5. The number of halogens is 1. The van der Waals surface area contributed by atoms with E-state index < -0.39 is 5.97 Å². The fraction of sp³-hybridized carbons (Fsp3) is 0.0435. The number of para-hydroxylation sites is 1. The second kappa shape index (κ2) is 7.81. The van der Waals surface area contributed by atoms with Gasteiger partial charge < -0.3 is 14.2 Å². The molecule has 6 heteroatoms. The van der Waals surface area contributed by atoms with Crippen LogP contribution in [0.25, 0.3) is 6.08 Å². The van der Waals surface area contributed by atoms with Crippen LogP contribution < -0.4 is 14.2 Å². The molecule has 1 aliphatic rings. The average Bonchev–Trinajstić information content (AvgIpc) is 3.04. The SMILES string of the molecule is COc1ccc2c(c1)O/C(=C\c1ccccc1OC(=O)c1ccccc1Cl)C2=O. The van der Waals surface area contributed by atoms with E-state index >= 15 is 0 Å². The molecule has 0 atom stereocenters. The molecule has 0 radical (unpaired) electrons. The van der Waals surface area contributed by atoms with Crippen molar-refractivity contribution >= 4 is 29.4 Å². The van der Waals surface area contributed by atoms with Crippen LogP contribution in [0.2, 0.25) is 5.02 Å². The van der Waals surface area contributed by atoms with E-state index in [0.717, 1.165) is 0 Å². The highest BCUT2D eigenvalue weighted by Crippen LogP contribution is 2.35. The quantitative estimate of drug-likeness (QED) is 0.339. The van der Waals surface area contributed by atoms with E-state index in [1.807, 2.05) is 0 Å². The first kappa shape index (κ1) is 18.8. The van der Waals surface area contributed by atoms with E-state index in [1.165, 1.54) is 0 Å². The summed E-state index contributed by atoms with van der Waals surface area (Å²) in [5, 5.41) is 0.298. The van der Waals surface area contributed by atoms with E-state index in [4.69, 9.17) is 25.8 Å². The van der Waals surface area contributed by atoms with Crippen molar-refractivity contribution in [2.45, 2.75) is 0 Å². The zero-order valence-corrected chi connectivity index (χ0v) is 16.1. The average molecular weight is 407 g/mol. The number of Topliss-reactive ketones (excluding diaryl/α,β-unsaturated/α-hetero) is 1. The first-order valence-corrected chi connectivity index (χ1v) is 9.12. The lowest BCUT2D eigenvalue weighted by molar-refractivity contribution is 0.0734. The van der Waals surface area contributed by atoms with Gasteiger partial charge in [0.05, 0.1) is 23.3 Å². The summed E-state index contributed by atoms with van der Waals surface area (Å²) >= 11 is 6.07. The van der Waals surface area contributed by atoms with Gasteiger partial charge in [-0.25, -0.2) is 4.79 Å². The number of ketones is 1. The van der Waals surface area contributed by atoms with E-state index in [9.17, 15) is 9.59 Å². The summed E-state index contributed by atoms with van der Waals surface area (Å²) < 4.78 is 16.4. The van der Waals surface area contributed by atoms with Crippen LogP contribution in [-0.4, -0.2) is 18.9 Å². The highest BCUT2D eigenvalue weighted by Gasteiger charge is 2.28. The van der Waals surface area contributed by atoms with E-state index in [1.54, 1.807) is 79.9 Å². The Morgan fingerprint density at radius 1 is 1.03 bits per heavy atom. The van der Waals surface area contributed by atoms with Crippen LogP contribution in [0.3, 0.4) is 0 Å². The summed E-state index contributed by atoms with van der Waals surface area (Å²) in [6.07, 6.45) is 1.55. The van der Waals surface area contributed by atoms with Gasteiger partial charge in [0.2, 0.25) is 5.78 Å². The lowest BCUT2D eigenvalue weighted by Crippen LogP contribution is -2.10. The lowest BCUT2D eigenvalue weighted by atomic mass is 10.1. The van der Waals surface area contributed by atoms with Gasteiger partial charge in [-0.05, 0) is 36.4 Å². The Hall–Kier alpha value is -3.57. The van der Waals surface area contributed by atoms with Crippen molar-refractivity contribution in [3.05, 3.63) is 94.2 Å². The third-order valence-electron chi connectivity index (χ3n) is 4.38. The Morgan fingerprint density at radius 2 is 1.79 bits per heavy atom. The van der Waals surface area contributed by atoms with Crippen molar-refractivity contribution in [2.75, 3.05) is 7.11 Å². The first-order valence-electron chi connectivity index (χ1n) is 8.75. The summed E-state index contributed by atoms with van der Waals surface area (Å²) in [5.41, 5.74) is 1.22. The van der Waals surface area contributed by atoms with Crippen molar-refractivity contribution in [2.24, 2.45) is 0 Å². The van der Waals surface area contributed by atoms with Gasteiger partial charge in [0.1, 0.15) is 17.2 Å². The minimum Gasteiger partial charge on any atom is -0.497 e. The number of rotatable bonds is 4. The number of benzene rings is 3. The molecule has 5 nitrogen and oxygen atoms in total. The topological polar surface area (TPSA) is 61.8 Å². The summed E-state index contributed by atoms with van der Waals surface area (Å²) in [4.78, 5) is 25.1. The number of esters is 1. The van der Waals surface area contributed by atoms with Crippen LogP contribution >= 0.6 is 11.6 Å². The summed E-state index contributed by atoms with van der Waals surface area (Å²) in [6.45, 7) is 0. The highest BCUT2D eigenvalue weighted by atomic mass is 35.5. The van der Waals surface area contributed by atoms with Crippen molar-refractivity contribution in [3.8, 4) is 17.2 Å². The number of methoxy groups -OCH3 is 1. The van der Waals surface area contributed by atoms with Gasteiger partial charge >= 0.3 is 5.97 Å². The van der Waals surface area contributed by atoms with E-state index in [-0.39, 0.29) is 22.9 Å². The number of fused-ring (bicyclic) bond motifs is 1. The Morgan fingerprint density at radius 3 is 2.59 bits per heavy atom. The van der Waals surface area contributed by atoms with Crippen LogP contribution in [0.5, 0.6) is 17.2 Å². The number of carbonyl (C=O) groups excluding carboxylic acids is 2. The molecule has 0 aromatic heterocycles. The standard InChI is InChI=1S/C23H15ClO5/c1-27-15-10-11-17-20(13-15)28-21(22(17)25)12-14-6-2-5-9-19(14)29-23(26)16-7-3-4-8-18(16)24/h2-13H,1H3/b21-12-. The maximum Gasteiger partial charge on any atom is 0.345 e. The van der Waals surface area contributed by atoms with Crippen LogP contribution in [0, 0.1) is 0 Å². The molecule has 1 aliphatic heterocycles. The van der Waals surface area contributed by atoms with Crippen LogP contribution in [-0.2, 0) is 0 Å². The van der Waals surface area contributed by atoms with Crippen LogP contribution in [0.15, 0.2) is 72.5 Å². The predicted molar refractivity (Wildman–Crippen MR) is 109 cm³/mol. The zero-order valence-electron chi connectivity index (χ0n) is 15.3. The maximum atomic E-state index is 12.6. The minimum atomic E-state index is -0.590. The maximum absolute atomic E-state index is 12.6. The van der Waals surface area contributed by atoms with Crippen molar-refractivity contribution in [1.29, 1.82) is 0 Å². The third-order valence-corrected chi connectivity index (χ3v) is 4.71. The Kier molecular flexibility index (Phi) is 5.06. The minimum absolute atomic E-state index is 0.134. The lowest BCUT2D eigenvalue weighted by Gasteiger charge is -2.09. The third kappa shape index (κ3) is 3.73. The number of hydrogen-bond donors (Lipinski definition) is 0. The van der Waals surface area contributed by atoms with Crippen molar-refractivity contribution in [3.63, 3.8) is 0 Å². The van der Waals surface area contributed by atoms with E-state index in [2.05, 4.69) is 0 Å². The molecule has 0 aliphatic carbocycles. The molecule has 3 aromatic rings. The smallest absolute Gasteiger partial charge is 0.345 e. The zero-order chi connectivity index (χ0) is 20.4. The molecule has 0 saturated heterocycles. The molecule has 0 fully saturated rings. The van der Waals surface area contributed by atoms with Gasteiger partial charge in [0.15, 0.2) is 5.76 Å². The molecular formula is C23H15ClO5. The van der Waals surface area contributed by atoms with Crippen LogP contribution in [0.1, 0.15) is 26.3 Å². The molecule has 0 amide bonds. The second-order valence-electron chi connectivity index (χ2n) is 6.21. The number of carbonyl (C=O) groups is 2. The molecule has 0 bridgehead atoms. The largest absolute Gasteiger partial charge is 0.497 e. The Balaban J connectivity index is 1.63. The molecule has 4 rings (SSSR count). The normalized spacial score (nSPS) is 13.7. The molecule has 0 spiro atoms. The summed E-state index contributed by atoms with van der Waals surface area (Å²) in [5.74, 6) is 0.588. The van der Waals surface area contributed by atoms with Gasteiger partial charge in [0.25, 0.3) is 0 Å². The van der Waals surface area contributed by atoms with Gasteiger partial charge in [-0.1, -0.05) is 41.9 Å². The van der Waals surface area contributed by atoms with Gasteiger partial charge in [-0.15, -0.1) is 0 Å².